The van der Waals surface area contributed by atoms with Gasteiger partial charge in [0.2, 0.25) is 5.91 Å². The van der Waals surface area contributed by atoms with Crippen LogP contribution >= 0.6 is 0 Å². The zero-order chi connectivity index (χ0) is 21.4. The van der Waals surface area contributed by atoms with Crippen molar-refractivity contribution in [2.24, 2.45) is 0 Å². The van der Waals surface area contributed by atoms with E-state index < -0.39 is 0 Å². The van der Waals surface area contributed by atoms with Gasteiger partial charge in [-0.15, -0.1) is 0 Å². The van der Waals surface area contributed by atoms with Gasteiger partial charge in [-0.3, -0.25) is 14.8 Å². The van der Waals surface area contributed by atoms with Crippen LogP contribution in [0.2, 0.25) is 0 Å². The zero-order valence-corrected chi connectivity index (χ0v) is 18.0. The lowest BCUT2D eigenvalue weighted by Gasteiger charge is -2.32. The fourth-order valence-corrected chi connectivity index (χ4v) is 4.60. The standard InChI is InChI=1S/C25H27N5O/c1-3-29-11-6-19-14-18(4-5-24(19)29)22-15-21(16-23-25(22)27-10-9-26-23)28-20-7-12-30(13-8-20)17(2)31/h4-6,9-11,14-16,20,28H,3,7-8,12-13H2,1-2H3. The number of piperidine rings is 1. The predicted octanol–water partition coefficient (Wildman–Crippen LogP) is 4.69. The Morgan fingerprint density at radius 3 is 2.68 bits per heavy atom. The maximum Gasteiger partial charge on any atom is 0.219 e. The minimum atomic E-state index is 0.161. The molecule has 0 saturated carbocycles. The van der Waals surface area contributed by atoms with Crippen LogP contribution in [0.5, 0.6) is 0 Å². The van der Waals surface area contributed by atoms with E-state index in [1.54, 1.807) is 19.3 Å². The molecule has 0 atom stereocenters. The van der Waals surface area contributed by atoms with E-state index in [0.29, 0.717) is 6.04 Å². The first-order chi connectivity index (χ1) is 15.1. The molecule has 6 nitrogen and oxygen atoms in total. The molecule has 1 aliphatic rings. The highest BCUT2D eigenvalue weighted by atomic mass is 16.2. The Morgan fingerprint density at radius 1 is 1.10 bits per heavy atom. The molecule has 5 rings (SSSR count). The summed E-state index contributed by atoms with van der Waals surface area (Å²) in [5.74, 6) is 0.161. The predicted molar refractivity (Wildman–Crippen MR) is 125 cm³/mol. The van der Waals surface area contributed by atoms with Crippen molar-refractivity contribution in [1.29, 1.82) is 0 Å². The third-order valence-corrected chi connectivity index (χ3v) is 6.31. The van der Waals surface area contributed by atoms with Crippen molar-refractivity contribution < 1.29 is 4.79 Å². The van der Waals surface area contributed by atoms with Gasteiger partial charge in [0.15, 0.2) is 0 Å². The lowest BCUT2D eigenvalue weighted by atomic mass is 10.00. The molecule has 0 bridgehead atoms. The summed E-state index contributed by atoms with van der Waals surface area (Å²) < 4.78 is 2.25. The van der Waals surface area contributed by atoms with Gasteiger partial charge >= 0.3 is 0 Å². The molecule has 4 aromatic rings. The molecule has 1 aliphatic heterocycles. The Hall–Kier alpha value is -3.41. The molecule has 0 unspecified atom stereocenters. The van der Waals surface area contributed by atoms with Crippen LogP contribution in [0, 0.1) is 0 Å². The number of nitrogens with zero attached hydrogens (tertiary/aromatic N) is 4. The first kappa shape index (κ1) is 19.5. The zero-order valence-electron chi connectivity index (χ0n) is 18.0. The summed E-state index contributed by atoms with van der Waals surface area (Å²) in [4.78, 5) is 22.8. The van der Waals surface area contributed by atoms with Crippen molar-refractivity contribution in [2.45, 2.75) is 39.3 Å². The smallest absolute Gasteiger partial charge is 0.219 e. The van der Waals surface area contributed by atoms with Crippen LogP contribution in [0.25, 0.3) is 33.1 Å². The lowest BCUT2D eigenvalue weighted by molar-refractivity contribution is -0.129. The van der Waals surface area contributed by atoms with E-state index in [9.17, 15) is 4.79 Å². The maximum atomic E-state index is 11.6. The molecule has 158 valence electrons. The molecule has 1 fully saturated rings. The van der Waals surface area contributed by atoms with Gasteiger partial charge in [0.25, 0.3) is 0 Å². The van der Waals surface area contributed by atoms with Crippen molar-refractivity contribution in [1.82, 2.24) is 19.4 Å². The van der Waals surface area contributed by atoms with Crippen molar-refractivity contribution in [3.8, 4) is 11.1 Å². The number of hydrogen-bond acceptors (Lipinski definition) is 4. The number of aromatic nitrogens is 3. The van der Waals surface area contributed by atoms with Gasteiger partial charge in [-0.1, -0.05) is 6.07 Å². The number of fused-ring (bicyclic) bond motifs is 2. The first-order valence-corrected chi connectivity index (χ1v) is 11.0. The average Bonchev–Trinajstić information content (AvgIpc) is 3.21. The second-order valence-corrected chi connectivity index (χ2v) is 8.25. The topological polar surface area (TPSA) is 63.1 Å². The Kier molecular flexibility index (Phi) is 5.06. The molecule has 2 aromatic carbocycles. The molecule has 1 amide bonds. The fraction of sp³-hybridized carbons (Fsp3) is 0.320. The van der Waals surface area contributed by atoms with Crippen LogP contribution in [0.15, 0.2) is 55.0 Å². The monoisotopic (exact) mass is 413 g/mol. The molecule has 0 spiro atoms. The second-order valence-electron chi connectivity index (χ2n) is 8.25. The van der Waals surface area contributed by atoms with E-state index in [0.717, 1.165) is 60.3 Å². The number of hydrogen-bond donors (Lipinski definition) is 1. The van der Waals surface area contributed by atoms with Crippen LogP contribution in [0.4, 0.5) is 5.69 Å². The molecule has 1 N–H and O–H groups in total. The van der Waals surface area contributed by atoms with Crippen molar-refractivity contribution in [3.63, 3.8) is 0 Å². The van der Waals surface area contributed by atoms with E-state index in [-0.39, 0.29) is 5.91 Å². The van der Waals surface area contributed by atoms with E-state index in [1.165, 1.54) is 10.9 Å². The third-order valence-electron chi connectivity index (χ3n) is 6.31. The number of likely N-dealkylation sites (tertiary alicyclic amines) is 1. The molecule has 31 heavy (non-hydrogen) atoms. The SMILES string of the molecule is CCn1ccc2cc(-c3cc(NC4CCN(C(C)=O)CC4)cc4nccnc34)ccc21. The van der Waals surface area contributed by atoms with Crippen LogP contribution in [-0.4, -0.2) is 44.5 Å². The van der Waals surface area contributed by atoms with Gasteiger partial charge in [0, 0.05) is 73.3 Å². The van der Waals surface area contributed by atoms with Gasteiger partial charge in [0.1, 0.15) is 0 Å². The number of aryl methyl sites for hydroxylation is 1. The number of amides is 1. The highest BCUT2D eigenvalue weighted by molar-refractivity contribution is 5.97. The van der Waals surface area contributed by atoms with Crippen LogP contribution in [0.3, 0.4) is 0 Å². The highest BCUT2D eigenvalue weighted by Gasteiger charge is 2.21. The van der Waals surface area contributed by atoms with Gasteiger partial charge in [-0.25, -0.2) is 0 Å². The number of carbonyl (C=O) groups is 1. The summed E-state index contributed by atoms with van der Waals surface area (Å²) >= 11 is 0. The summed E-state index contributed by atoms with van der Waals surface area (Å²) in [6.07, 6.45) is 7.53. The van der Waals surface area contributed by atoms with Crippen LogP contribution < -0.4 is 5.32 Å². The van der Waals surface area contributed by atoms with Crippen LogP contribution in [0.1, 0.15) is 26.7 Å². The summed E-state index contributed by atoms with van der Waals surface area (Å²) in [7, 11) is 0. The molecule has 2 aromatic heterocycles. The molecular formula is C25H27N5O. The quantitative estimate of drug-likeness (QED) is 0.527. The third kappa shape index (κ3) is 3.74. The number of benzene rings is 2. The van der Waals surface area contributed by atoms with Crippen molar-refractivity contribution >= 4 is 33.5 Å². The summed E-state index contributed by atoms with van der Waals surface area (Å²) in [6.45, 7) is 6.37. The molecule has 1 saturated heterocycles. The van der Waals surface area contributed by atoms with Crippen molar-refractivity contribution in [2.75, 3.05) is 18.4 Å². The molecule has 0 aliphatic carbocycles. The molecular weight excluding hydrogens is 386 g/mol. The summed E-state index contributed by atoms with van der Waals surface area (Å²) in [5.41, 5.74) is 6.31. The second kappa shape index (κ2) is 8.02. The van der Waals surface area contributed by atoms with Gasteiger partial charge in [0.05, 0.1) is 11.0 Å². The minimum absolute atomic E-state index is 0.161. The van der Waals surface area contributed by atoms with E-state index in [2.05, 4.69) is 69.4 Å². The van der Waals surface area contributed by atoms with Crippen molar-refractivity contribution in [3.05, 3.63) is 55.0 Å². The summed E-state index contributed by atoms with van der Waals surface area (Å²) in [6, 6.07) is 13.4. The van der Waals surface area contributed by atoms with E-state index in [4.69, 9.17) is 0 Å². The Morgan fingerprint density at radius 2 is 1.90 bits per heavy atom. The fourth-order valence-electron chi connectivity index (χ4n) is 4.60. The number of anilines is 1. The van der Waals surface area contributed by atoms with E-state index >= 15 is 0 Å². The number of carbonyl (C=O) groups excluding carboxylic acids is 1. The van der Waals surface area contributed by atoms with Gasteiger partial charge in [-0.2, -0.15) is 0 Å². The lowest BCUT2D eigenvalue weighted by Crippen LogP contribution is -2.41. The maximum absolute atomic E-state index is 11.6. The highest BCUT2D eigenvalue weighted by Crippen LogP contribution is 2.33. The largest absolute Gasteiger partial charge is 0.382 e. The van der Waals surface area contributed by atoms with Crippen LogP contribution in [-0.2, 0) is 11.3 Å². The molecule has 3 heterocycles. The first-order valence-electron chi connectivity index (χ1n) is 11.0. The Balaban J connectivity index is 1.50. The Labute approximate surface area is 181 Å². The van der Waals surface area contributed by atoms with Gasteiger partial charge in [-0.05, 0) is 55.7 Å². The van der Waals surface area contributed by atoms with E-state index in [1.807, 2.05) is 4.90 Å². The summed E-state index contributed by atoms with van der Waals surface area (Å²) in [5, 5.41) is 4.91. The minimum Gasteiger partial charge on any atom is -0.382 e. The van der Waals surface area contributed by atoms with Gasteiger partial charge < -0.3 is 14.8 Å². The molecule has 0 radical (unpaired) electrons. The Bertz CT molecular complexity index is 1250. The average molecular weight is 414 g/mol. The molecule has 6 heteroatoms. The number of nitrogens with one attached hydrogen (secondary N) is 1. The number of rotatable bonds is 4. The normalized spacial score (nSPS) is 15.0.